The normalized spacial score (nSPS) is 10.3. The van der Waals surface area contributed by atoms with E-state index in [9.17, 15) is 9.59 Å². The number of nitrogens with two attached hydrogens (primary N) is 1. The van der Waals surface area contributed by atoms with Gasteiger partial charge in [0.05, 0.1) is 10.0 Å². The Balaban J connectivity index is 1.89. The summed E-state index contributed by atoms with van der Waals surface area (Å²) in [5.74, 6) is -0.404. The number of amides is 2. The Morgan fingerprint density at radius 1 is 1.22 bits per heavy atom. The van der Waals surface area contributed by atoms with E-state index in [4.69, 9.17) is 28.9 Å². The number of aryl methyl sites for hydroxylation is 1. The number of aromatic nitrogens is 1. The lowest BCUT2D eigenvalue weighted by atomic mass is 10.0. The van der Waals surface area contributed by atoms with Crippen molar-refractivity contribution in [3.63, 3.8) is 0 Å². The minimum Gasteiger partial charge on any atom is -0.366 e. The number of rotatable bonds is 6. The van der Waals surface area contributed by atoms with Gasteiger partial charge in [-0.2, -0.15) is 0 Å². The monoisotopic (exact) mass is 351 g/mol. The third-order valence-electron chi connectivity index (χ3n) is 3.20. The number of hydrogen-bond donors (Lipinski definition) is 2. The molecule has 0 unspecified atom stereocenters. The van der Waals surface area contributed by atoms with Crippen LogP contribution in [0.4, 0.5) is 5.82 Å². The van der Waals surface area contributed by atoms with Gasteiger partial charge in [0.2, 0.25) is 11.8 Å². The van der Waals surface area contributed by atoms with Crippen LogP contribution in [0.1, 0.15) is 28.8 Å². The largest absolute Gasteiger partial charge is 0.366 e. The second-order valence-electron chi connectivity index (χ2n) is 4.91. The van der Waals surface area contributed by atoms with Crippen LogP contribution in [-0.4, -0.2) is 16.8 Å². The van der Waals surface area contributed by atoms with Gasteiger partial charge in [0.1, 0.15) is 0 Å². The van der Waals surface area contributed by atoms with Gasteiger partial charge in [0, 0.05) is 18.2 Å². The number of nitrogens with zero attached hydrogens (tertiary/aromatic N) is 1. The number of carbonyl (C=O) groups is 2. The molecule has 0 spiro atoms. The lowest BCUT2D eigenvalue weighted by Gasteiger charge is -2.08. The first-order valence-corrected chi connectivity index (χ1v) is 7.71. The highest BCUT2D eigenvalue weighted by Crippen LogP contribution is 2.22. The van der Waals surface area contributed by atoms with Gasteiger partial charge in [-0.25, -0.2) is 4.98 Å². The van der Waals surface area contributed by atoms with E-state index in [1.807, 2.05) is 12.1 Å². The smallest absolute Gasteiger partial charge is 0.248 e. The van der Waals surface area contributed by atoms with E-state index in [0.717, 1.165) is 5.56 Å². The second-order valence-corrected chi connectivity index (χ2v) is 5.75. The fraction of sp³-hybridized carbons (Fsp3) is 0.188. The second kappa shape index (κ2) is 7.94. The Kier molecular flexibility index (Phi) is 5.96. The molecule has 1 aromatic carbocycles. The summed E-state index contributed by atoms with van der Waals surface area (Å²) >= 11 is 11.7. The molecule has 0 atom stereocenters. The molecule has 0 bridgehead atoms. The standard InChI is InChI=1S/C16H15Cl2N3O2/c17-11-8-13(18)16(20-9-11)21-14(22)7-3-5-10-4-1-2-6-12(10)15(19)23/h1-2,4,6,8-9H,3,5,7H2,(H2,19,23)(H,20,21,22). The Labute approximate surface area is 143 Å². The van der Waals surface area contributed by atoms with Gasteiger partial charge in [-0.05, 0) is 30.5 Å². The summed E-state index contributed by atoms with van der Waals surface area (Å²) < 4.78 is 0. The molecule has 0 saturated heterocycles. The molecule has 7 heteroatoms. The summed E-state index contributed by atoms with van der Waals surface area (Å²) in [6.45, 7) is 0. The number of benzene rings is 1. The minimum atomic E-state index is -0.470. The van der Waals surface area contributed by atoms with Crippen LogP contribution in [0.15, 0.2) is 36.5 Å². The van der Waals surface area contributed by atoms with E-state index in [0.29, 0.717) is 23.4 Å². The molecule has 5 nitrogen and oxygen atoms in total. The van der Waals surface area contributed by atoms with Crippen LogP contribution in [0.5, 0.6) is 0 Å². The first-order valence-electron chi connectivity index (χ1n) is 6.96. The van der Waals surface area contributed by atoms with Crippen LogP contribution in [0.3, 0.4) is 0 Å². The van der Waals surface area contributed by atoms with Gasteiger partial charge in [-0.15, -0.1) is 0 Å². The van der Waals surface area contributed by atoms with Crippen molar-refractivity contribution in [1.82, 2.24) is 4.98 Å². The lowest BCUT2D eigenvalue weighted by molar-refractivity contribution is -0.116. The maximum atomic E-state index is 11.9. The van der Waals surface area contributed by atoms with E-state index in [2.05, 4.69) is 10.3 Å². The molecule has 23 heavy (non-hydrogen) atoms. The molecular formula is C16H15Cl2N3O2. The number of primary amides is 1. The number of anilines is 1. The van der Waals surface area contributed by atoms with Gasteiger partial charge < -0.3 is 11.1 Å². The number of hydrogen-bond acceptors (Lipinski definition) is 3. The Morgan fingerprint density at radius 2 is 1.96 bits per heavy atom. The summed E-state index contributed by atoms with van der Waals surface area (Å²) in [7, 11) is 0. The molecule has 0 saturated carbocycles. The lowest BCUT2D eigenvalue weighted by Crippen LogP contribution is -2.15. The molecule has 0 aliphatic rings. The highest BCUT2D eigenvalue weighted by molar-refractivity contribution is 6.36. The van der Waals surface area contributed by atoms with E-state index >= 15 is 0 Å². The molecule has 3 N–H and O–H groups in total. The van der Waals surface area contributed by atoms with Crippen molar-refractivity contribution < 1.29 is 9.59 Å². The van der Waals surface area contributed by atoms with Gasteiger partial charge in [0.25, 0.3) is 0 Å². The summed E-state index contributed by atoms with van der Waals surface area (Å²) in [6, 6.07) is 8.60. The zero-order valence-corrected chi connectivity index (χ0v) is 13.7. The minimum absolute atomic E-state index is 0.210. The summed E-state index contributed by atoms with van der Waals surface area (Å²) in [5, 5.41) is 3.31. The topological polar surface area (TPSA) is 85.1 Å². The van der Waals surface area contributed by atoms with Gasteiger partial charge in [0.15, 0.2) is 5.82 Å². The molecule has 1 aromatic heterocycles. The third kappa shape index (κ3) is 4.94. The van der Waals surface area contributed by atoms with Crippen molar-refractivity contribution in [2.45, 2.75) is 19.3 Å². The van der Waals surface area contributed by atoms with Gasteiger partial charge in [-0.1, -0.05) is 41.4 Å². The summed E-state index contributed by atoms with van der Waals surface area (Å²) in [5.41, 5.74) is 6.64. The molecule has 0 aliphatic heterocycles. The van der Waals surface area contributed by atoms with E-state index < -0.39 is 5.91 Å². The van der Waals surface area contributed by atoms with Crippen molar-refractivity contribution in [1.29, 1.82) is 0 Å². The van der Waals surface area contributed by atoms with Crippen molar-refractivity contribution in [2.75, 3.05) is 5.32 Å². The molecule has 2 rings (SSSR count). The van der Waals surface area contributed by atoms with E-state index in [-0.39, 0.29) is 23.2 Å². The average molecular weight is 352 g/mol. The Bertz CT molecular complexity index is 735. The van der Waals surface area contributed by atoms with Crippen LogP contribution >= 0.6 is 23.2 Å². The SMILES string of the molecule is NC(=O)c1ccccc1CCCC(=O)Nc1ncc(Cl)cc1Cl. The Hall–Kier alpha value is -2.11. The van der Waals surface area contributed by atoms with Crippen LogP contribution in [0.25, 0.3) is 0 Å². The molecule has 2 aromatic rings. The van der Waals surface area contributed by atoms with Crippen LogP contribution in [-0.2, 0) is 11.2 Å². The van der Waals surface area contributed by atoms with Gasteiger partial charge >= 0.3 is 0 Å². The van der Waals surface area contributed by atoms with Crippen molar-refractivity contribution >= 4 is 40.8 Å². The zero-order valence-electron chi connectivity index (χ0n) is 12.2. The van der Waals surface area contributed by atoms with E-state index in [1.54, 1.807) is 12.1 Å². The third-order valence-corrected chi connectivity index (χ3v) is 3.69. The number of halogens is 2. The Morgan fingerprint density at radius 3 is 2.65 bits per heavy atom. The molecule has 1 heterocycles. The molecule has 0 aliphatic carbocycles. The fourth-order valence-electron chi connectivity index (χ4n) is 2.12. The quantitative estimate of drug-likeness (QED) is 0.835. The molecule has 2 amide bonds. The zero-order chi connectivity index (χ0) is 16.8. The predicted molar refractivity (Wildman–Crippen MR) is 90.8 cm³/mol. The highest BCUT2D eigenvalue weighted by Gasteiger charge is 2.10. The first kappa shape index (κ1) is 17.2. The maximum absolute atomic E-state index is 11.9. The number of carbonyl (C=O) groups excluding carboxylic acids is 2. The summed E-state index contributed by atoms with van der Waals surface area (Å²) in [6.07, 6.45) is 2.83. The molecule has 0 radical (unpaired) electrons. The maximum Gasteiger partial charge on any atom is 0.248 e. The number of nitrogens with one attached hydrogen (secondary N) is 1. The summed E-state index contributed by atoms with van der Waals surface area (Å²) in [4.78, 5) is 27.2. The fourth-order valence-corrected chi connectivity index (χ4v) is 2.55. The van der Waals surface area contributed by atoms with Crippen LogP contribution in [0, 0.1) is 0 Å². The highest BCUT2D eigenvalue weighted by atomic mass is 35.5. The van der Waals surface area contributed by atoms with Crippen LogP contribution in [0.2, 0.25) is 10.0 Å². The molecule has 0 fully saturated rings. The van der Waals surface area contributed by atoms with Crippen molar-refractivity contribution in [3.05, 3.63) is 57.7 Å². The average Bonchev–Trinajstić information content (AvgIpc) is 2.50. The predicted octanol–water partition coefficient (Wildman–Crippen LogP) is 3.45. The first-order chi connectivity index (χ1) is 11.0. The number of pyridine rings is 1. The van der Waals surface area contributed by atoms with Crippen molar-refractivity contribution in [2.24, 2.45) is 5.73 Å². The molecular weight excluding hydrogens is 337 g/mol. The van der Waals surface area contributed by atoms with Gasteiger partial charge in [-0.3, -0.25) is 9.59 Å². The van der Waals surface area contributed by atoms with E-state index in [1.165, 1.54) is 12.3 Å². The van der Waals surface area contributed by atoms with Crippen LogP contribution < -0.4 is 11.1 Å². The van der Waals surface area contributed by atoms with Crippen molar-refractivity contribution in [3.8, 4) is 0 Å². The molecule has 120 valence electrons.